The minimum Gasteiger partial charge on any atom is -0.370 e. The Morgan fingerprint density at radius 1 is 1.41 bits per heavy atom. The lowest BCUT2D eigenvalue weighted by Crippen LogP contribution is -2.38. The molecule has 1 fully saturated rings. The summed E-state index contributed by atoms with van der Waals surface area (Å²) in [6.07, 6.45) is 5.12. The average molecular weight is 416 g/mol. The standard InChI is InChI=1S/C17H28N4.HI/c1-14-7-5-9-16(13-14)20-17(18)19-10-6-12-21-11-4-3-8-15(21)2;/h5,7,9,13,15H,3-4,6,8,10-12H2,1-2H3,(H3,18,19,20);1H. The summed E-state index contributed by atoms with van der Waals surface area (Å²) in [6.45, 7) is 7.55. The van der Waals surface area contributed by atoms with Gasteiger partial charge in [0.2, 0.25) is 0 Å². The molecule has 0 saturated carbocycles. The van der Waals surface area contributed by atoms with Gasteiger partial charge in [0.25, 0.3) is 0 Å². The van der Waals surface area contributed by atoms with E-state index in [0.29, 0.717) is 5.96 Å². The highest BCUT2D eigenvalue weighted by atomic mass is 127. The molecular weight excluding hydrogens is 387 g/mol. The van der Waals surface area contributed by atoms with Gasteiger partial charge < -0.3 is 16.0 Å². The molecule has 0 bridgehead atoms. The molecular formula is C17H29IN4. The predicted octanol–water partition coefficient (Wildman–Crippen LogP) is 3.60. The maximum absolute atomic E-state index is 5.93. The summed E-state index contributed by atoms with van der Waals surface area (Å²) in [5, 5.41) is 3.14. The van der Waals surface area contributed by atoms with Crippen molar-refractivity contribution < 1.29 is 0 Å². The second-order valence-corrected chi connectivity index (χ2v) is 6.00. The van der Waals surface area contributed by atoms with Crippen LogP contribution in [0.1, 0.15) is 38.2 Å². The van der Waals surface area contributed by atoms with E-state index in [2.05, 4.69) is 41.2 Å². The Morgan fingerprint density at radius 3 is 2.95 bits per heavy atom. The molecule has 0 aromatic heterocycles. The van der Waals surface area contributed by atoms with Gasteiger partial charge in [-0.05, 0) is 57.4 Å². The minimum atomic E-state index is 0. The number of halogens is 1. The number of nitrogens with zero attached hydrogens (tertiary/aromatic N) is 2. The van der Waals surface area contributed by atoms with Crippen molar-refractivity contribution in [3.63, 3.8) is 0 Å². The summed E-state index contributed by atoms with van der Waals surface area (Å²) >= 11 is 0. The van der Waals surface area contributed by atoms with Crippen LogP contribution < -0.4 is 11.1 Å². The monoisotopic (exact) mass is 416 g/mol. The zero-order chi connectivity index (χ0) is 15.1. The van der Waals surface area contributed by atoms with Crippen molar-refractivity contribution in [1.82, 2.24) is 4.90 Å². The topological polar surface area (TPSA) is 53.6 Å². The molecule has 1 unspecified atom stereocenters. The van der Waals surface area contributed by atoms with Crippen molar-refractivity contribution in [3.05, 3.63) is 29.8 Å². The van der Waals surface area contributed by atoms with E-state index in [0.717, 1.165) is 31.2 Å². The summed E-state index contributed by atoms with van der Waals surface area (Å²) in [7, 11) is 0. The normalized spacial score (nSPS) is 19.5. The van der Waals surface area contributed by atoms with Gasteiger partial charge in [-0.2, -0.15) is 0 Å². The first-order chi connectivity index (χ1) is 10.1. The van der Waals surface area contributed by atoms with Crippen molar-refractivity contribution in [2.45, 2.75) is 45.6 Å². The number of aryl methyl sites for hydroxylation is 1. The number of aliphatic imine (C=N–C) groups is 1. The first-order valence-electron chi connectivity index (χ1n) is 8.03. The molecule has 1 aromatic carbocycles. The van der Waals surface area contributed by atoms with Gasteiger partial charge >= 0.3 is 0 Å². The number of likely N-dealkylation sites (tertiary alicyclic amines) is 1. The van der Waals surface area contributed by atoms with E-state index in [1.165, 1.54) is 31.4 Å². The largest absolute Gasteiger partial charge is 0.370 e. The first kappa shape index (κ1) is 19.2. The number of benzene rings is 1. The van der Waals surface area contributed by atoms with Crippen molar-refractivity contribution in [1.29, 1.82) is 0 Å². The lowest BCUT2D eigenvalue weighted by molar-refractivity contribution is 0.160. The van der Waals surface area contributed by atoms with Crippen LogP contribution in [0.5, 0.6) is 0 Å². The van der Waals surface area contributed by atoms with E-state index in [1.54, 1.807) is 0 Å². The van der Waals surface area contributed by atoms with Gasteiger partial charge in [0.05, 0.1) is 0 Å². The van der Waals surface area contributed by atoms with Crippen LogP contribution in [0.25, 0.3) is 0 Å². The summed E-state index contributed by atoms with van der Waals surface area (Å²) in [5.74, 6) is 0.507. The number of guanidine groups is 1. The fraction of sp³-hybridized carbons (Fsp3) is 0.588. The number of nitrogens with one attached hydrogen (secondary N) is 1. The highest BCUT2D eigenvalue weighted by molar-refractivity contribution is 14.0. The molecule has 4 nitrogen and oxygen atoms in total. The number of hydrogen-bond acceptors (Lipinski definition) is 2. The molecule has 1 aliphatic heterocycles. The number of hydrogen-bond donors (Lipinski definition) is 2. The Kier molecular flexibility index (Phi) is 8.78. The molecule has 0 amide bonds. The number of anilines is 1. The van der Waals surface area contributed by atoms with Crippen LogP contribution in [-0.2, 0) is 0 Å². The molecule has 1 heterocycles. The quantitative estimate of drug-likeness (QED) is 0.334. The fourth-order valence-electron chi connectivity index (χ4n) is 2.87. The van der Waals surface area contributed by atoms with Crippen LogP contribution in [-0.4, -0.2) is 36.5 Å². The molecule has 22 heavy (non-hydrogen) atoms. The minimum absolute atomic E-state index is 0. The SMILES string of the molecule is Cc1cccc(NC(N)=NCCCN2CCCCC2C)c1.I. The molecule has 0 radical (unpaired) electrons. The van der Waals surface area contributed by atoms with E-state index >= 15 is 0 Å². The first-order valence-corrected chi connectivity index (χ1v) is 8.03. The molecule has 0 spiro atoms. The molecule has 124 valence electrons. The summed E-state index contributed by atoms with van der Waals surface area (Å²) in [5.41, 5.74) is 8.14. The molecule has 1 atom stereocenters. The zero-order valence-corrected chi connectivity index (χ0v) is 16.0. The third-order valence-corrected chi connectivity index (χ3v) is 4.12. The molecule has 2 rings (SSSR count). The van der Waals surface area contributed by atoms with Crippen LogP contribution in [0.3, 0.4) is 0 Å². The van der Waals surface area contributed by atoms with Crippen LogP contribution >= 0.6 is 24.0 Å². The predicted molar refractivity (Wildman–Crippen MR) is 106 cm³/mol. The highest BCUT2D eigenvalue weighted by Gasteiger charge is 2.16. The van der Waals surface area contributed by atoms with Crippen molar-refractivity contribution in [3.8, 4) is 0 Å². The fourth-order valence-corrected chi connectivity index (χ4v) is 2.87. The molecule has 3 N–H and O–H groups in total. The van der Waals surface area contributed by atoms with Gasteiger partial charge in [-0.15, -0.1) is 24.0 Å². The second-order valence-electron chi connectivity index (χ2n) is 6.00. The summed E-state index contributed by atoms with van der Waals surface area (Å²) in [6, 6.07) is 8.88. The van der Waals surface area contributed by atoms with Crippen molar-refractivity contribution in [2.24, 2.45) is 10.7 Å². The van der Waals surface area contributed by atoms with Gasteiger partial charge in [-0.1, -0.05) is 18.6 Å². The summed E-state index contributed by atoms with van der Waals surface area (Å²) in [4.78, 5) is 6.99. The summed E-state index contributed by atoms with van der Waals surface area (Å²) < 4.78 is 0. The highest BCUT2D eigenvalue weighted by Crippen LogP contribution is 2.16. The van der Waals surface area contributed by atoms with Crippen molar-refractivity contribution >= 4 is 35.6 Å². The smallest absolute Gasteiger partial charge is 0.193 e. The van der Waals surface area contributed by atoms with Crippen LogP contribution in [0.2, 0.25) is 0 Å². The van der Waals surface area contributed by atoms with Gasteiger partial charge in [-0.25, -0.2) is 0 Å². The van der Waals surface area contributed by atoms with Crippen LogP contribution in [0.15, 0.2) is 29.3 Å². The Bertz CT molecular complexity index is 475. The second kappa shape index (κ2) is 10.0. The van der Waals surface area contributed by atoms with E-state index in [-0.39, 0.29) is 24.0 Å². The zero-order valence-electron chi connectivity index (χ0n) is 13.7. The Labute approximate surface area is 151 Å². The molecule has 1 aromatic rings. The van der Waals surface area contributed by atoms with Crippen LogP contribution in [0, 0.1) is 6.92 Å². The van der Waals surface area contributed by atoms with Gasteiger partial charge in [0.1, 0.15) is 0 Å². The Hall–Kier alpha value is -0.820. The molecule has 0 aliphatic carbocycles. The van der Waals surface area contributed by atoms with Crippen molar-refractivity contribution in [2.75, 3.05) is 25.0 Å². The number of rotatable bonds is 5. The molecule has 5 heteroatoms. The van der Waals surface area contributed by atoms with E-state index in [1.807, 2.05) is 12.1 Å². The van der Waals surface area contributed by atoms with Gasteiger partial charge in [0.15, 0.2) is 5.96 Å². The maximum Gasteiger partial charge on any atom is 0.193 e. The Morgan fingerprint density at radius 2 is 2.23 bits per heavy atom. The third kappa shape index (κ3) is 6.52. The third-order valence-electron chi connectivity index (χ3n) is 4.12. The van der Waals surface area contributed by atoms with E-state index < -0.39 is 0 Å². The lowest BCUT2D eigenvalue weighted by Gasteiger charge is -2.33. The average Bonchev–Trinajstić information content (AvgIpc) is 2.45. The van der Waals surface area contributed by atoms with Gasteiger partial charge in [0, 0.05) is 24.8 Å². The lowest BCUT2D eigenvalue weighted by atomic mass is 10.0. The van der Waals surface area contributed by atoms with E-state index in [4.69, 9.17) is 5.73 Å². The molecule has 1 aliphatic rings. The maximum atomic E-state index is 5.93. The molecule has 1 saturated heterocycles. The van der Waals surface area contributed by atoms with Gasteiger partial charge in [-0.3, -0.25) is 4.99 Å². The van der Waals surface area contributed by atoms with Crippen LogP contribution in [0.4, 0.5) is 5.69 Å². The van der Waals surface area contributed by atoms with E-state index in [9.17, 15) is 0 Å². The number of nitrogens with two attached hydrogens (primary N) is 1. The Balaban J connectivity index is 0.00000242. The number of piperidine rings is 1.